The molecular formula is C22H17F3N4O. The first kappa shape index (κ1) is 18.5. The number of hydrogen-bond acceptors (Lipinski definition) is 4. The fourth-order valence-corrected chi connectivity index (χ4v) is 3.73. The van der Waals surface area contributed by atoms with Crippen LogP contribution in [0, 0.1) is 0 Å². The van der Waals surface area contributed by atoms with Gasteiger partial charge in [-0.2, -0.15) is 0 Å². The largest absolute Gasteiger partial charge is 0.573 e. The number of H-pyrrole nitrogens is 1. The van der Waals surface area contributed by atoms with Crippen LogP contribution in [0.1, 0.15) is 11.1 Å². The van der Waals surface area contributed by atoms with Crippen molar-refractivity contribution in [2.24, 2.45) is 0 Å². The zero-order valence-electron chi connectivity index (χ0n) is 15.8. The minimum atomic E-state index is -4.74. The number of benzene rings is 2. The van der Waals surface area contributed by atoms with Crippen molar-refractivity contribution < 1.29 is 17.9 Å². The molecule has 3 heterocycles. The summed E-state index contributed by atoms with van der Waals surface area (Å²) in [5.74, 6) is 1.04. The van der Waals surface area contributed by atoms with Crippen LogP contribution in [0.3, 0.4) is 0 Å². The number of aromatic amines is 1. The lowest BCUT2D eigenvalue weighted by atomic mass is 10.00. The summed E-state index contributed by atoms with van der Waals surface area (Å²) in [5, 5.41) is 0. The van der Waals surface area contributed by atoms with E-state index in [1.54, 1.807) is 0 Å². The molecule has 0 radical (unpaired) electrons. The van der Waals surface area contributed by atoms with Crippen molar-refractivity contribution in [2.75, 3.05) is 11.4 Å². The molecule has 2 aromatic carbocycles. The highest BCUT2D eigenvalue weighted by atomic mass is 19.4. The van der Waals surface area contributed by atoms with Gasteiger partial charge in [-0.25, -0.2) is 9.97 Å². The van der Waals surface area contributed by atoms with Crippen LogP contribution in [0.4, 0.5) is 19.0 Å². The molecule has 0 unspecified atom stereocenters. The Hall–Kier alpha value is -3.55. The first-order chi connectivity index (χ1) is 14.4. The number of ether oxygens (including phenoxy) is 1. The Labute approximate surface area is 170 Å². The average Bonchev–Trinajstić information content (AvgIpc) is 3.16. The Morgan fingerprint density at radius 1 is 0.933 bits per heavy atom. The summed E-state index contributed by atoms with van der Waals surface area (Å²) < 4.78 is 41.4. The van der Waals surface area contributed by atoms with Crippen LogP contribution in [0.5, 0.6) is 5.75 Å². The average molecular weight is 410 g/mol. The quantitative estimate of drug-likeness (QED) is 0.511. The Balaban J connectivity index is 1.43. The number of fused-ring (bicyclic) bond motifs is 2. The van der Waals surface area contributed by atoms with Crippen molar-refractivity contribution in [1.29, 1.82) is 0 Å². The third kappa shape index (κ3) is 3.68. The molecule has 8 heteroatoms. The minimum Gasteiger partial charge on any atom is -0.406 e. The lowest BCUT2D eigenvalue weighted by molar-refractivity contribution is -0.274. The number of nitrogens with one attached hydrogen (secondary N) is 1. The van der Waals surface area contributed by atoms with E-state index >= 15 is 0 Å². The molecule has 0 amide bonds. The number of imidazole rings is 1. The van der Waals surface area contributed by atoms with Gasteiger partial charge in [0.25, 0.3) is 0 Å². The molecule has 0 aliphatic carbocycles. The second kappa shape index (κ2) is 7.05. The number of nitrogens with zero attached hydrogens (tertiary/aromatic N) is 3. The predicted octanol–water partition coefficient (Wildman–Crippen LogP) is 5.09. The number of pyridine rings is 1. The van der Waals surface area contributed by atoms with Crippen molar-refractivity contribution in [3.8, 4) is 17.3 Å². The normalized spacial score (nSPS) is 14.0. The molecule has 5 nitrogen and oxygen atoms in total. The molecule has 0 saturated heterocycles. The topological polar surface area (TPSA) is 54.0 Å². The van der Waals surface area contributed by atoms with E-state index in [-0.39, 0.29) is 5.75 Å². The van der Waals surface area contributed by atoms with E-state index in [2.05, 4.69) is 37.8 Å². The number of halogens is 3. The fraction of sp³-hybridized carbons (Fsp3) is 0.182. The molecule has 0 spiro atoms. The smallest absolute Gasteiger partial charge is 0.406 e. The van der Waals surface area contributed by atoms with Crippen LogP contribution in [0.2, 0.25) is 0 Å². The maximum absolute atomic E-state index is 12.5. The molecular weight excluding hydrogens is 393 g/mol. The SMILES string of the molecule is FC(F)(F)Oc1ccc2nc(-c3cccc(N4CCc5ccccc5C4)n3)[nH]c2c1. The molecule has 2 aromatic heterocycles. The van der Waals surface area contributed by atoms with Gasteiger partial charge in [0.15, 0.2) is 5.82 Å². The highest BCUT2D eigenvalue weighted by Crippen LogP contribution is 2.28. The number of hydrogen-bond donors (Lipinski definition) is 1. The zero-order valence-corrected chi connectivity index (χ0v) is 15.8. The Kier molecular flexibility index (Phi) is 4.34. The van der Waals surface area contributed by atoms with Gasteiger partial charge in [-0.3, -0.25) is 0 Å². The van der Waals surface area contributed by atoms with E-state index in [1.807, 2.05) is 24.3 Å². The van der Waals surface area contributed by atoms with E-state index in [0.29, 0.717) is 22.6 Å². The van der Waals surface area contributed by atoms with Crippen LogP contribution >= 0.6 is 0 Å². The van der Waals surface area contributed by atoms with E-state index in [1.165, 1.54) is 29.3 Å². The van der Waals surface area contributed by atoms with Gasteiger partial charge in [-0.05, 0) is 41.8 Å². The minimum absolute atomic E-state index is 0.293. The lowest BCUT2D eigenvalue weighted by Gasteiger charge is -2.29. The van der Waals surface area contributed by atoms with Crippen LogP contribution in [-0.2, 0) is 13.0 Å². The standard InChI is InChI=1S/C22H17F3N4O/c23-22(24,25)30-16-8-9-17-19(12-16)28-21(27-17)18-6-3-7-20(26-18)29-11-10-14-4-1-2-5-15(14)13-29/h1-9,12H,10-11,13H2,(H,27,28). The third-order valence-corrected chi connectivity index (χ3v) is 5.12. The van der Waals surface area contributed by atoms with Gasteiger partial charge in [-0.15, -0.1) is 13.2 Å². The number of alkyl halides is 3. The summed E-state index contributed by atoms with van der Waals surface area (Å²) >= 11 is 0. The van der Waals surface area contributed by atoms with Gasteiger partial charge >= 0.3 is 6.36 Å². The predicted molar refractivity (Wildman–Crippen MR) is 107 cm³/mol. The Morgan fingerprint density at radius 2 is 1.77 bits per heavy atom. The second-order valence-corrected chi connectivity index (χ2v) is 7.13. The van der Waals surface area contributed by atoms with Gasteiger partial charge < -0.3 is 14.6 Å². The second-order valence-electron chi connectivity index (χ2n) is 7.13. The molecule has 0 fully saturated rings. The Morgan fingerprint density at radius 3 is 2.60 bits per heavy atom. The van der Waals surface area contributed by atoms with Gasteiger partial charge in [-0.1, -0.05) is 30.3 Å². The molecule has 5 rings (SSSR count). The van der Waals surface area contributed by atoms with Crippen LogP contribution in [-0.4, -0.2) is 27.9 Å². The van der Waals surface area contributed by atoms with Crippen LogP contribution in [0.25, 0.3) is 22.6 Å². The molecule has 30 heavy (non-hydrogen) atoms. The van der Waals surface area contributed by atoms with Gasteiger partial charge in [0.2, 0.25) is 0 Å². The maximum Gasteiger partial charge on any atom is 0.573 e. The molecule has 1 aliphatic rings. The first-order valence-corrected chi connectivity index (χ1v) is 9.49. The van der Waals surface area contributed by atoms with Crippen molar-refractivity contribution >= 4 is 16.9 Å². The summed E-state index contributed by atoms with van der Waals surface area (Å²) in [6.07, 6.45) is -3.78. The molecule has 1 N–H and O–H groups in total. The van der Waals surface area contributed by atoms with E-state index < -0.39 is 6.36 Å². The summed E-state index contributed by atoms with van der Waals surface area (Å²) in [6.45, 7) is 1.65. The maximum atomic E-state index is 12.5. The highest BCUT2D eigenvalue weighted by Gasteiger charge is 2.31. The number of aromatic nitrogens is 3. The zero-order chi connectivity index (χ0) is 20.7. The third-order valence-electron chi connectivity index (χ3n) is 5.12. The highest BCUT2D eigenvalue weighted by molar-refractivity contribution is 5.80. The molecule has 0 atom stereocenters. The monoisotopic (exact) mass is 410 g/mol. The van der Waals surface area contributed by atoms with Crippen LogP contribution in [0.15, 0.2) is 60.7 Å². The first-order valence-electron chi connectivity index (χ1n) is 9.49. The van der Waals surface area contributed by atoms with Gasteiger partial charge in [0.1, 0.15) is 17.3 Å². The molecule has 0 bridgehead atoms. The number of anilines is 1. The molecule has 0 saturated carbocycles. The van der Waals surface area contributed by atoms with Crippen molar-refractivity contribution in [3.63, 3.8) is 0 Å². The van der Waals surface area contributed by atoms with Gasteiger partial charge in [0, 0.05) is 19.2 Å². The van der Waals surface area contributed by atoms with Crippen molar-refractivity contribution in [2.45, 2.75) is 19.3 Å². The van der Waals surface area contributed by atoms with Crippen molar-refractivity contribution in [1.82, 2.24) is 15.0 Å². The number of rotatable bonds is 3. The summed E-state index contributed by atoms with van der Waals surface area (Å²) in [7, 11) is 0. The molecule has 4 aromatic rings. The fourth-order valence-electron chi connectivity index (χ4n) is 3.73. The Bertz CT molecular complexity index is 1220. The van der Waals surface area contributed by atoms with E-state index in [0.717, 1.165) is 25.3 Å². The lowest BCUT2D eigenvalue weighted by Crippen LogP contribution is -2.30. The summed E-state index contributed by atoms with van der Waals surface area (Å²) in [5.41, 5.74) is 4.27. The van der Waals surface area contributed by atoms with Gasteiger partial charge in [0.05, 0.1) is 11.0 Å². The summed E-state index contributed by atoms with van der Waals surface area (Å²) in [6, 6.07) is 18.1. The van der Waals surface area contributed by atoms with Crippen LogP contribution < -0.4 is 9.64 Å². The molecule has 152 valence electrons. The van der Waals surface area contributed by atoms with E-state index in [4.69, 9.17) is 4.98 Å². The molecule has 1 aliphatic heterocycles. The summed E-state index contributed by atoms with van der Waals surface area (Å²) in [4.78, 5) is 14.5. The van der Waals surface area contributed by atoms with Crippen molar-refractivity contribution in [3.05, 3.63) is 71.8 Å². The van der Waals surface area contributed by atoms with E-state index in [9.17, 15) is 13.2 Å².